The van der Waals surface area contributed by atoms with Gasteiger partial charge in [0.05, 0.1) is 0 Å². The average Bonchev–Trinajstić information content (AvgIpc) is 2.57. The minimum atomic E-state index is 1.19. The lowest BCUT2D eigenvalue weighted by Gasteiger charge is -2.05. The summed E-state index contributed by atoms with van der Waals surface area (Å²) in [6.45, 7) is 8.42. The summed E-state index contributed by atoms with van der Waals surface area (Å²) >= 11 is 0. The van der Waals surface area contributed by atoms with Gasteiger partial charge in [0, 0.05) is 0 Å². The summed E-state index contributed by atoms with van der Waals surface area (Å²) in [4.78, 5) is 0. The Hall–Kier alpha value is -1.82. The third kappa shape index (κ3) is 6.76. The van der Waals surface area contributed by atoms with E-state index in [1.807, 2.05) is 13.8 Å². The van der Waals surface area contributed by atoms with E-state index in [4.69, 9.17) is 0 Å². The number of rotatable bonds is 6. The summed E-state index contributed by atoms with van der Waals surface area (Å²) in [5.41, 5.74) is 5.64. The van der Waals surface area contributed by atoms with Crippen molar-refractivity contribution in [3.63, 3.8) is 0 Å². The van der Waals surface area contributed by atoms with E-state index in [1.54, 1.807) is 0 Å². The van der Waals surface area contributed by atoms with E-state index in [0.717, 1.165) is 0 Å². The SMILES string of the molecule is C/C(=C/c1ccccc1C)CCCCc1ccccc1.CC. The molecule has 2 rings (SSSR count). The molecule has 0 atom stereocenters. The van der Waals surface area contributed by atoms with Crippen LogP contribution in [0.15, 0.2) is 60.2 Å². The molecule has 0 unspecified atom stereocenters. The Morgan fingerprint density at radius 3 is 2.18 bits per heavy atom. The number of hydrogen-bond donors (Lipinski definition) is 0. The Labute approximate surface area is 136 Å². The monoisotopic (exact) mass is 294 g/mol. The highest BCUT2D eigenvalue weighted by Crippen LogP contribution is 2.16. The highest BCUT2D eigenvalue weighted by Gasteiger charge is 1.97. The van der Waals surface area contributed by atoms with Crippen molar-refractivity contribution in [2.75, 3.05) is 0 Å². The van der Waals surface area contributed by atoms with E-state index >= 15 is 0 Å². The first-order valence-corrected chi connectivity index (χ1v) is 8.52. The molecule has 0 saturated carbocycles. The van der Waals surface area contributed by atoms with Crippen molar-refractivity contribution >= 4 is 6.08 Å². The number of benzene rings is 2. The van der Waals surface area contributed by atoms with E-state index in [-0.39, 0.29) is 0 Å². The van der Waals surface area contributed by atoms with E-state index in [0.29, 0.717) is 0 Å². The molecule has 0 amide bonds. The molecule has 0 heteroatoms. The Morgan fingerprint density at radius 2 is 1.50 bits per heavy atom. The molecule has 0 fully saturated rings. The van der Waals surface area contributed by atoms with Crippen LogP contribution < -0.4 is 0 Å². The Kier molecular flexibility index (Phi) is 8.98. The first kappa shape index (κ1) is 18.2. The molecule has 0 aliphatic rings. The topological polar surface area (TPSA) is 0 Å². The molecule has 0 radical (unpaired) electrons. The van der Waals surface area contributed by atoms with Gasteiger partial charge in [0.25, 0.3) is 0 Å². The quantitative estimate of drug-likeness (QED) is 0.512. The molecule has 0 aromatic heterocycles. The number of allylic oxidation sites excluding steroid dienone is 1. The Bertz CT molecular complexity index is 549. The largest absolute Gasteiger partial charge is 0.0727 e. The van der Waals surface area contributed by atoms with E-state index in [9.17, 15) is 0 Å². The minimum absolute atomic E-state index is 1.19. The summed E-state index contributed by atoms with van der Waals surface area (Å²) in [5.74, 6) is 0. The normalized spacial score (nSPS) is 10.8. The zero-order valence-corrected chi connectivity index (χ0v) is 14.6. The second-order valence-corrected chi connectivity index (χ2v) is 5.54. The van der Waals surface area contributed by atoms with Crippen LogP contribution in [0, 0.1) is 6.92 Å². The first-order chi connectivity index (χ1) is 10.8. The van der Waals surface area contributed by atoms with Gasteiger partial charge in [0.2, 0.25) is 0 Å². The van der Waals surface area contributed by atoms with Gasteiger partial charge in [-0.2, -0.15) is 0 Å². The number of aryl methyl sites for hydroxylation is 2. The molecule has 0 spiro atoms. The van der Waals surface area contributed by atoms with Gasteiger partial charge in [0.1, 0.15) is 0 Å². The fourth-order valence-corrected chi connectivity index (χ4v) is 2.46. The highest BCUT2D eigenvalue weighted by atomic mass is 14.0. The van der Waals surface area contributed by atoms with Crippen LogP contribution in [0.4, 0.5) is 0 Å². The van der Waals surface area contributed by atoms with Gasteiger partial charge in [-0.05, 0) is 56.2 Å². The second kappa shape index (κ2) is 10.8. The molecular weight excluding hydrogens is 264 g/mol. The second-order valence-electron chi connectivity index (χ2n) is 5.54. The lowest BCUT2D eigenvalue weighted by Crippen LogP contribution is -1.87. The molecule has 0 heterocycles. The molecule has 0 aliphatic heterocycles. The third-order valence-electron chi connectivity index (χ3n) is 3.72. The molecule has 0 N–H and O–H groups in total. The summed E-state index contributed by atoms with van der Waals surface area (Å²) in [5, 5.41) is 0. The summed E-state index contributed by atoms with van der Waals surface area (Å²) in [6, 6.07) is 19.3. The fourth-order valence-electron chi connectivity index (χ4n) is 2.46. The molecular formula is C22H30. The Morgan fingerprint density at radius 1 is 0.864 bits per heavy atom. The maximum Gasteiger partial charge on any atom is -0.0228 e. The van der Waals surface area contributed by atoms with Crippen molar-refractivity contribution in [1.82, 2.24) is 0 Å². The van der Waals surface area contributed by atoms with Crippen molar-refractivity contribution in [3.05, 3.63) is 76.9 Å². The molecule has 0 nitrogen and oxygen atoms in total. The summed E-state index contributed by atoms with van der Waals surface area (Å²) < 4.78 is 0. The lowest BCUT2D eigenvalue weighted by atomic mass is 10.0. The van der Waals surface area contributed by atoms with E-state index in [1.165, 1.54) is 47.9 Å². The standard InChI is InChI=1S/C20H24.C2H6/c1-17(16-20-15-9-7-11-18(20)2)10-6-8-14-19-12-4-3-5-13-19;1-2/h3-5,7,9,11-13,15-16H,6,8,10,14H2,1-2H3;1-2H3/b17-16-;. The first-order valence-electron chi connectivity index (χ1n) is 8.52. The molecule has 0 saturated heterocycles. The van der Waals surface area contributed by atoms with Gasteiger partial charge in [-0.1, -0.05) is 80.1 Å². The predicted octanol–water partition coefficient (Wildman–Crippen LogP) is 6.84. The van der Waals surface area contributed by atoms with Crippen LogP contribution in [0.1, 0.15) is 56.7 Å². The molecule has 22 heavy (non-hydrogen) atoms. The molecule has 0 aliphatic carbocycles. The third-order valence-corrected chi connectivity index (χ3v) is 3.72. The lowest BCUT2D eigenvalue weighted by molar-refractivity contribution is 0.731. The molecule has 118 valence electrons. The van der Waals surface area contributed by atoms with Crippen molar-refractivity contribution in [1.29, 1.82) is 0 Å². The summed E-state index contributed by atoms with van der Waals surface area (Å²) in [6.07, 6.45) is 7.25. The van der Waals surface area contributed by atoms with Gasteiger partial charge >= 0.3 is 0 Å². The van der Waals surface area contributed by atoms with Gasteiger partial charge in [-0.3, -0.25) is 0 Å². The van der Waals surface area contributed by atoms with Crippen molar-refractivity contribution in [3.8, 4) is 0 Å². The van der Waals surface area contributed by atoms with Gasteiger partial charge in [-0.15, -0.1) is 0 Å². The van der Waals surface area contributed by atoms with Gasteiger partial charge < -0.3 is 0 Å². The zero-order valence-electron chi connectivity index (χ0n) is 14.6. The maximum atomic E-state index is 2.33. The van der Waals surface area contributed by atoms with Gasteiger partial charge in [0.15, 0.2) is 0 Å². The average molecular weight is 294 g/mol. The Balaban J connectivity index is 0.00000116. The van der Waals surface area contributed by atoms with E-state index < -0.39 is 0 Å². The number of unbranched alkanes of at least 4 members (excludes halogenated alkanes) is 1. The molecule has 2 aromatic rings. The van der Waals surface area contributed by atoms with Crippen molar-refractivity contribution in [2.45, 2.75) is 53.4 Å². The van der Waals surface area contributed by atoms with Crippen molar-refractivity contribution < 1.29 is 0 Å². The van der Waals surface area contributed by atoms with Crippen LogP contribution in [0.5, 0.6) is 0 Å². The van der Waals surface area contributed by atoms with Crippen LogP contribution in [0.25, 0.3) is 6.08 Å². The van der Waals surface area contributed by atoms with Crippen LogP contribution in [0.3, 0.4) is 0 Å². The maximum absolute atomic E-state index is 2.33. The van der Waals surface area contributed by atoms with Crippen molar-refractivity contribution in [2.24, 2.45) is 0 Å². The molecule has 2 aromatic carbocycles. The smallest absolute Gasteiger partial charge is 0.0228 e. The van der Waals surface area contributed by atoms with Crippen LogP contribution in [-0.2, 0) is 6.42 Å². The summed E-state index contributed by atoms with van der Waals surface area (Å²) in [7, 11) is 0. The minimum Gasteiger partial charge on any atom is -0.0727 e. The van der Waals surface area contributed by atoms with E-state index in [2.05, 4.69) is 74.5 Å². The fraction of sp³-hybridized carbons (Fsp3) is 0.364. The molecule has 0 bridgehead atoms. The zero-order chi connectivity index (χ0) is 16.2. The van der Waals surface area contributed by atoms with Crippen LogP contribution >= 0.6 is 0 Å². The van der Waals surface area contributed by atoms with Crippen LogP contribution in [-0.4, -0.2) is 0 Å². The predicted molar refractivity (Wildman–Crippen MR) is 100 cm³/mol. The highest BCUT2D eigenvalue weighted by molar-refractivity contribution is 5.55. The van der Waals surface area contributed by atoms with Gasteiger partial charge in [-0.25, -0.2) is 0 Å². The van der Waals surface area contributed by atoms with Crippen LogP contribution in [0.2, 0.25) is 0 Å². The number of hydrogen-bond acceptors (Lipinski definition) is 0.